The van der Waals surface area contributed by atoms with Crippen LogP contribution in [0, 0.1) is 0 Å². The Labute approximate surface area is 169 Å². The number of hydrogen-bond acceptors (Lipinski definition) is 5. The summed E-state index contributed by atoms with van der Waals surface area (Å²) in [5.41, 5.74) is 2.09. The van der Waals surface area contributed by atoms with Gasteiger partial charge in [0.05, 0.1) is 24.9 Å². The number of methoxy groups -OCH3 is 2. The van der Waals surface area contributed by atoms with Crippen LogP contribution in [0.2, 0.25) is 5.02 Å². The summed E-state index contributed by atoms with van der Waals surface area (Å²) in [7, 11) is -0.379. The second kappa shape index (κ2) is 8.41. The predicted molar refractivity (Wildman–Crippen MR) is 107 cm³/mol. The first-order valence-electron chi connectivity index (χ1n) is 8.84. The van der Waals surface area contributed by atoms with Crippen molar-refractivity contribution in [2.24, 2.45) is 0 Å². The minimum Gasteiger partial charge on any atom is -0.493 e. The van der Waals surface area contributed by atoms with Gasteiger partial charge in [0.15, 0.2) is 21.3 Å². The Hall–Kier alpha value is -2.25. The van der Waals surface area contributed by atoms with Crippen molar-refractivity contribution in [3.05, 3.63) is 52.5 Å². The molecule has 8 heteroatoms. The van der Waals surface area contributed by atoms with Crippen LogP contribution in [0.1, 0.15) is 17.5 Å². The molecular formula is C20H22ClNO5S. The van der Waals surface area contributed by atoms with Crippen molar-refractivity contribution in [2.75, 3.05) is 26.5 Å². The molecule has 0 fully saturated rings. The van der Waals surface area contributed by atoms with Crippen LogP contribution in [0.5, 0.6) is 11.5 Å². The fourth-order valence-corrected chi connectivity index (χ4v) is 4.59. The maximum Gasteiger partial charge on any atom is 0.223 e. The Morgan fingerprint density at radius 3 is 2.29 bits per heavy atom. The molecular weight excluding hydrogens is 402 g/mol. The number of rotatable bonds is 6. The Morgan fingerprint density at radius 1 is 1.07 bits per heavy atom. The van der Waals surface area contributed by atoms with Gasteiger partial charge in [0.25, 0.3) is 0 Å². The number of benzene rings is 2. The van der Waals surface area contributed by atoms with E-state index in [2.05, 4.69) is 0 Å². The average Bonchev–Trinajstić information content (AvgIpc) is 2.70. The summed E-state index contributed by atoms with van der Waals surface area (Å²) in [4.78, 5) is 14.5. The minimum absolute atomic E-state index is 0.0619. The zero-order valence-electron chi connectivity index (χ0n) is 15.8. The van der Waals surface area contributed by atoms with E-state index in [1.807, 2.05) is 12.1 Å². The highest BCUT2D eigenvalue weighted by Gasteiger charge is 2.24. The van der Waals surface area contributed by atoms with Gasteiger partial charge in [0.1, 0.15) is 0 Å². The molecule has 0 aliphatic carbocycles. The Bertz CT molecular complexity index is 973. The SMILES string of the molecule is COc1cc2c(cc1OC)CN(C(=O)CCS(=O)(=O)c1ccc(Cl)cc1)CC2. The number of amides is 1. The van der Waals surface area contributed by atoms with E-state index in [-0.39, 0.29) is 23.0 Å². The van der Waals surface area contributed by atoms with Gasteiger partial charge < -0.3 is 14.4 Å². The number of fused-ring (bicyclic) bond motifs is 1. The lowest BCUT2D eigenvalue weighted by atomic mass is 9.98. The summed E-state index contributed by atoms with van der Waals surface area (Å²) in [6.07, 6.45) is 0.624. The lowest BCUT2D eigenvalue weighted by molar-refractivity contribution is -0.131. The monoisotopic (exact) mass is 423 g/mol. The topological polar surface area (TPSA) is 72.9 Å². The molecule has 150 valence electrons. The van der Waals surface area contributed by atoms with E-state index in [4.69, 9.17) is 21.1 Å². The van der Waals surface area contributed by atoms with Gasteiger partial charge in [-0.2, -0.15) is 0 Å². The van der Waals surface area contributed by atoms with Crippen LogP contribution in [-0.4, -0.2) is 45.7 Å². The number of halogens is 1. The van der Waals surface area contributed by atoms with Gasteiger partial charge in [-0.25, -0.2) is 8.42 Å². The maximum absolute atomic E-state index is 12.6. The number of ether oxygens (including phenoxy) is 2. The molecule has 3 rings (SSSR count). The van der Waals surface area contributed by atoms with Crippen LogP contribution < -0.4 is 9.47 Å². The summed E-state index contributed by atoms with van der Waals surface area (Å²) in [6, 6.07) is 9.77. The maximum atomic E-state index is 12.6. The predicted octanol–water partition coefficient (Wildman–Crippen LogP) is 3.11. The van der Waals surface area contributed by atoms with Crippen molar-refractivity contribution in [2.45, 2.75) is 24.3 Å². The molecule has 0 saturated heterocycles. The third-order valence-electron chi connectivity index (χ3n) is 4.83. The molecule has 1 heterocycles. The van der Waals surface area contributed by atoms with Gasteiger partial charge in [-0.15, -0.1) is 0 Å². The number of carbonyl (C=O) groups is 1. The van der Waals surface area contributed by atoms with E-state index < -0.39 is 9.84 Å². The quantitative estimate of drug-likeness (QED) is 0.713. The number of nitrogens with zero attached hydrogens (tertiary/aromatic N) is 1. The normalized spacial score (nSPS) is 13.8. The minimum atomic E-state index is -3.53. The van der Waals surface area contributed by atoms with Gasteiger partial charge in [-0.1, -0.05) is 11.6 Å². The van der Waals surface area contributed by atoms with Crippen molar-refractivity contribution < 1.29 is 22.7 Å². The highest BCUT2D eigenvalue weighted by Crippen LogP contribution is 2.33. The Balaban J connectivity index is 1.67. The first-order chi connectivity index (χ1) is 13.3. The van der Waals surface area contributed by atoms with Crippen LogP contribution >= 0.6 is 11.6 Å². The van der Waals surface area contributed by atoms with E-state index >= 15 is 0 Å². The zero-order valence-corrected chi connectivity index (χ0v) is 17.3. The number of carbonyl (C=O) groups excluding carboxylic acids is 1. The summed E-state index contributed by atoms with van der Waals surface area (Å²) < 4.78 is 35.5. The third-order valence-corrected chi connectivity index (χ3v) is 6.81. The fraction of sp³-hybridized carbons (Fsp3) is 0.350. The van der Waals surface area contributed by atoms with E-state index in [0.717, 1.165) is 11.1 Å². The summed E-state index contributed by atoms with van der Waals surface area (Å²) >= 11 is 5.80. The van der Waals surface area contributed by atoms with Gasteiger partial charge in [0.2, 0.25) is 5.91 Å². The first-order valence-corrected chi connectivity index (χ1v) is 10.9. The van der Waals surface area contributed by atoms with Crippen molar-refractivity contribution in [1.29, 1.82) is 0 Å². The second-order valence-electron chi connectivity index (χ2n) is 6.56. The molecule has 1 aliphatic heterocycles. The fourth-order valence-electron chi connectivity index (χ4n) is 3.24. The largest absolute Gasteiger partial charge is 0.493 e. The zero-order chi connectivity index (χ0) is 20.3. The van der Waals surface area contributed by atoms with Crippen molar-refractivity contribution in [3.63, 3.8) is 0 Å². The van der Waals surface area contributed by atoms with E-state index in [1.165, 1.54) is 24.3 Å². The molecule has 0 N–H and O–H groups in total. The van der Waals surface area contributed by atoms with Gasteiger partial charge >= 0.3 is 0 Å². The third kappa shape index (κ3) is 4.42. The molecule has 6 nitrogen and oxygen atoms in total. The molecule has 0 radical (unpaired) electrons. The first kappa shape index (κ1) is 20.5. The van der Waals surface area contributed by atoms with Gasteiger partial charge in [0, 0.05) is 24.5 Å². The van der Waals surface area contributed by atoms with Crippen molar-refractivity contribution >= 4 is 27.3 Å². The molecule has 1 amide bonds. The van der Waals surface area contributed by atoms with Crippen LogP contribution in [0.3, 0.4) is 0 Å². The second-order valence-corrected chi connectivity index (χ2v) is 9.11. The van der Waals surface area contributed by atoms with Crippen LogP contribution in [0.4, 0.5) is 0 Å². The van der Waals surface area contributed by atoms with E-state index in [1.54, 1.807) is 19.1 Å². The molecule has 0 saturated carbocycles. The molecule has 0 bridgehead atoms. The number of hydrogen-bond donors (Lipinski definition) is 0. The van der Waals surface area contributed by atoms with Crippen molar-refractivity contribution in [1.82, 2.24) is 4.90 Å². The lowest BCUT2D eigenvalue weighted by Crippen LogP contribution is -2.36. The Kier molecular flexibility index (Phi) is 6.15. The molecule has 1 aliphatic rings. The molecule has 0 unspecified atom stereocenters. The summed E-state index contributed by atoms with van der Waals surface area (Å²) in [5.74, 6) is 0.858. The molecule has 0 spiro atoms. The molecule has 0 atom stereocenters. The van der Waals surface area contributed by atoms with Crippen LogP contribution in [0.25, 0.3) is 0 Å². The van der Waals surface area contributed by atoms with Crippen LogP contribution in [0.15, 0.2) is 41.3 Å². The van der Waals surface area contributed by atoms with E-state index in [0.29, 0.717) is 36.0 Å². The molecule has 2 aromatic rings. The number of sulfone groups is 1. The van der Waals surface area contributed by atoms with Gasteiger partial charge in [-0.05, 0) is 53.9 Å². The summed E-state index contributed by atoms with van der Waals surface area (Å²) in [6.45, 7) is 0.970. The highest BCUT2D eigenvalue weighted by atomic mass is 35.5. The smallest absolute Gasteiger partial charge is 0.223 e. The van der Waals surface area contributed by atoms with Gasteiger partial charge in [-0.3, -0.25) is 4.79 Å². The lowest BCUT2D eigenvalue weighted by Gasteiger charge is -2.29. The van der Waals surface area contributed by atoms with Crippen molar-refractivity contribution in [3.8, 4) is 11.5 Å². The molecule has 2 aromatic carbocycles. The Morgan fingerprint density at radius 2 is 1.68 bits per heavy atom. The standard InChI is InChI=1S/C20H22ClNO5S/c1-26-18-11-14-7-9-22(13-15(14)12-19(18)27-2)20(23)8-10-28(24,25)17-5-3-16(21)4-6-17/h3-6,11-12H,7-10,13H2,1-2H3. The van der Waals surface area contributed by atoms with Crippen LogP contribution in [-0.2, 0) is 27.6 Å². The molecule has 0 aromatic heterocycles. The average molecular weight is 424 g/mol. The van der Waals surface area contributed by atoms with E-state index in [9.17, 15) is 13.2 Å². The summed E-state index contributed by atoms with van der Waals surface area (Å²) in [5, 5.41) is 0.467. The highest BCUT2D eigenvalue weighted by molar-refractivity contribution is 7.91. The molecule has 28 heavy (non-hydrogen) atoms.